The van der Waals surface area contributed by atoms with Gasteiger partial charge in [-0.05, 0) is 44.0 Å². The fourth-order valence-corrected chi connectivity index (χ4v) is 2.73. The first-order chi connectivity index (χ1) is 11.6. The summed E-state index contributed by atoms with van der Waals surface area (Å²) >= 11 is 0. The van der Waals surface area contributed by atoms with Crippen LogP contribution >= 0.6 is 0 Å². The third kappa shape index (κ3) is 3.97. The van der Waals surface area contributed by atoms with Crippen LogP contribution in [0.2, 0.25) is 0 Å². The molecule has 0 aliphatic carbocycles. The second-order valence-electron chi connectivity index (χ2n) is 5.88. The van der Waals surface area contributed by atoms with Crippen molar-refractivity contribution >= 4 is 5.91 Å². The van der Waals surface area contributed by atoms with E-state index in [1.165, 1.54) is 12.1 Å². The Balaban J connectivity index is 1.44. The minimum Gasteiger partial charge on any atom is -0.378 e. The first-order valence-corrected chi connectivity index (χ1v) is 8.11. The second-order valence-corrected chi connectivity index (χ2v) is 5.88. The molecule has 128 valence electrons. The van der Waals surface area contributed by atoms with E-state index < -0.39 is 0 Å². The van der Waals surface area contributed by atoms with Gasteiger partial charge in [0.05, 0.1) is 12.0 Å². The third-order valence-corrected chi connectivity index (χ3v) is 4.15. The number of nitrogens with zero attached hydrogens (tertiary/aromatic N) is 2. The van der Waals surface area contributed by atoms with Crippen molar-refractivity contribution in [1.29, 1.82) is 0 Å². The molecular formula is C17H20FN3O3. The molecule has 6 nitrogen and oxygen atoms in total. The van der Waals surface area contributed by atoms with Gasteiger partial charge in [0, 0.05) is 25.1 Å². The summed E-state index contributed by atoms with van der Waals surface area (Å²) in [6.07, 6.45) is 2.04. The minimum absolute atomic E-state index is 0.0146. The zero-order chi connectivity index (χ0) is 16.9. The van der Waals surface area contributed by atoms with Crippen LogP contribution in [0.15, 0.2) is 28.8 Å². The number of halogens is 1. The van der Waals surface area contributed by atoms with Crippen molar-refractivity contribution < 1.29 is 18.4 Å². The SMILES string of the molecule is C[C@H]1OCC[C@H]1C(=O)NCCCc1nc(-c2ccc(F)cc2)no1. The normalized spacial score (nSPS) is 20.2. The molecule has 7 heteroatoms. The van der Waals surface area contributed by atoms with E-state index in [-0.39, 0.29) is 23.7 Å². The lowest BCUT2D eigenvalue weighted by Gasteiger charge is -2.13. The van der Waals surface area contributed by atoms with Crippen LogP contribution < -0.4 is 5.32 Å². The molecular weight excluding hydrogens is 313 g/mol. The smallest absolute Gasteiger partial charge is 0.227 e. The van der Waals surface area contributed by atoms with Crippen LogP contribution in [0.4, 0.5) is 4.39 Å². The number of amides is 1. The Hall–Kier alpha value is -2.28. The largest absolute Gasteiger partial charge is 0.378 e. The molecule has 2 atom stereocenters. The number of aromatic nitrogens is 2. The number of aryl methyl sites for hydroxylation is 1. The molecule has 0 radical (unpaired) electrons. The molecule has 0 bridgehead atoms. The quantitative estimate of drug-likeness (QED) is 0.821. The average molecular weight is 333 g/mol. The molecule has 2 aromatic rings. The van der Waals surface area contributed by atoms with Crippen molar-refractivity contribution in [2.45, 2.75) is 32.3 Å². The maximum Gasteiger partial charge on any atom is 0.227 e. The molecule has 1 aromatic heterocycles. The summed E-state index contributed by atoms with van der Waals surface area (Å²) in [5, 5.41) is 6.81. The van der Waals surface area contributed by atoms with Gasteiger partial charge in [0.15, 0.2) is 0 Å². The lowest BCUT2D eigenvalue weighted by atomic mass is 10.0. The predicted molar refractivity (Wildman–Crippen MR) is 84.5 cm³/mol. The van der Waals surface area contributed by atoms with Crippen LogP contribution in [0.5, 0.6) is 0 Å². The number of ether oxygens (including phenoxy) is 1. The van der Waals surface area contributed by atoms with Crippen molar-refractivity contribution in [2.24, 2.45) is 5.92 Å². The zero-order valence-corrected chi connectivity index (χ0v) is 13.5. The predicted octanol–water partition coefficient (Wildman–Crippen LogP) is 2.35. The number of rotatable bonds is 6. The van der Waals surface area contributed by atoms with Crippen LogP contribution in [0.1, 0.15) is 25.7 Å². The second kappa shape index (κ2) is 7.53. The third-order valence-electron chi connectivity index (χ3n) is 4.15. The van der Waals surface area contributed by atoms with Crippen molar-refractivity contribution in [2.75, 3.05) is 13.2 Å². The molecule has 2 heterocycles. The number of nitrogens with one attached hydrogen (secondary N) is 1. The van der Waals surface area contributed by atoms with E-state index >= 15 is 0 Å². The molecule has 1 aliphatic rings. The molecule has 3 rings (SSSR count). The molecule has 0 saturated carbocycles. The first-order valence-electron chi connectivity index (χ1n) is 8.11. The van der Waals surface area contributed by atoms with Crippen molar-refractivity contribution in [3.63, 3.8) is 0 Å². The van der Waals surface area contributed by atoms with Gasteiger partial charge in [-0.1, -0.05) is 5.16 Å². The highest BCUT2D eigenvalue weighted by molar-refractivity contribution is 5.79. The van der Waals surface area contributed by atoms with E-state index in [4.69, 9.17) is 9.26 Å². The van der Waals surface area contributed by atoms with E-state index in [9.17, 15) is 9.18 Å². The van der Waals surface area contributed by atoms with Gasteiger partial charge in [-0.3, -0.25) is 4.79 Å². The van der Waals surface area contributed by atoms with E-state index in [2.05, 4.69) is 15.5 Å². The Morgan fingerprint density at radius 3 is 2.88 bits per heavy atom. The van der Waals surface area contributed by atoms with Gasteiger partial charge in [-0.15, -0.1) is 0 Å². The molecule has 1 aliphatic heterocycles. The summed E-state index contributed by atoms with van der Waals surface area (Å²) < 4.78 is 23.5. The number of hydrogen-bond acceptors (Lipinski definition) is 5. The Kier molecular flexibility index (Phi) is 5.20. The standard InChI is InChI=1S/C17H20FN3O3/c1-11-14(8-10-23-11)17(22)19-9-2-3-15-20-16(21-24-15)12-4-6-13(18)7-5-12/h4-7,11,14H,2-3,8-10H2,1H3,(H,19,22)/t11-,14-/m1/s1. The Morgan fingerprint density at radius 1 is 1.38 bits per heavy atom. The number of hydrogen-bond donors (Lipinski definition) is 1. The van der Waals surface area contributed by atoms with Gasteiger partial charge in [-0.2, -0.15) is 4.98 Å². The highest BCUT2D eigenvalue weighted by atomic mass is 19.1. The summed E-state index contributed by atoms with van der Waals surface area (Å²) in [7, 11) is 0. The summed E-state index contributed by atoms with van der Waals surface area (Å²) in [6, 6.07) is 5.92. The summed E-state index contributed by atoms with van der Waals surface area (Å²) in [4.78, 5) is 16.3. The minimum atomic E-state index is -0.305. The lowest BCUT2D eigenvalue weighted by Crippen LogP contribution is -2.34. The van der Waals surface area contributed by atoms with Crippen LogP contribution in [-0.2, 0) is 16.0 Å². The molecule has 1 fully saturated rings. The average Bonchev–Trinajstić information content (AvgIpc) is 3.21. The van der Waals surface area contributed by atoms with Gasteiger partial charge >= 0.3 is 0 Å². The highest BCUT2D eigenvalue weighted by Gasteiger charge is 2.30. The van der Waals surface area contributed by atoms with Gasteiger partial charge in [0.2, 0.25) is 17.6 Å². The van der Waals surface area contributed by atoms with Crippen molar-refractivity contribution in [3.8, 4) is 11.4 Å². The van der Waals surface area contributed by atoms with Crippen LogP contribution in [0.25, 0.3) is 11.4 Å². The molecule has 24 heavy (non-hydrogen) atoms. The topological polar surface area (TPSA) is 77.2 Å². The summed E-state index contributed by atoms with van der Waals surface area (Å²) in [5.41, 5.74) is 0.704. The Labute approximate surface area is 139 Å². The number of carbonyl (C=O) groups excluding carboxylic acids is 1. The van der Waals surface area contributed by atoms with Gasteiger partial charge in [0.1, 0.15) is 5.82 Å². The molecule has 0 unspecified atom stereocenters. The summed E-state index contributed by atoms with van der Waals surface area (Å²) in [5.74, 6) is 0.614. The lowest BCUT2D eigenvalue weighted by molar-refractivity contribution is -0.126. The van der Waals surface area contributed by atoms with Crippen LogP contribution in [0, 0.1) is 11.7 Å². The molecule has 1 amide bonds. The number of carbonyl (C=O) groups is 1. The molecule has 1 aromatic carbocycles. The van der Waals surface area contributed by atoms with E-state index in [0.717, 1.165) is 6.42 Å². The van der Waals surface area contributed by atoms with E-state index in [1.807, 2.05) is 6.92 Å². The van der Waals surface area contributed by atoms with E-state index in [0.29, 0.717) is 43.3 Å². The van der Waals surface area contributed by atoms with Crippen molar-refractivity contribution in [3.05, 3.63) is 36.0 Å². The highest BCUT2D eigenvalue weighted by Crippen LogP contribution is 2.20. The number of benzene rings is 1. The molecule has 0 spiro atoms. The maximum absolute atomic E-state index is 12.9. The van der Waals surface area contributed by atoms with Gasteiger partial charge in [-0.25, -0.2) is 4.39 Å². The summed E-state index contributed by atoms with van der Waals surface area (Å²) in [6.45, 7) is 3.12. The van der Waals surface area contributed by atoms with E-state index in [1.54, 1.807) is 12.1 Å². The maximum atomic E-state index is 12.9. The Morgan fingerprint density at radius 2 is 2.17 bits per heavy atom. The van der Waals surface area contributed by atoms with Gasteiger partial charge in [0.25, 0.3) is 0 Å². The van der Waals surface area contributed by atoms with Crippen LogP contribution in [-0.4, -0.2) is 35.3 Å². The monoisotopic (exact) mass is 333 g/mol. The molecule has 1 N–H and O–H groups in total. The van der Waals surface area contributed by atoms with Gasteiger partial charge < -0.3 is 14.6 Å². The van der Waals surface area contributed by atoms with Crippen LogP contribution in [0.3, 0.4) is 0 Å². The fourth-order valence-electron chi connectivity index (χ4n) is 2.73. The van der Waals surface area contributed by atoms with Crippen molar-refractivity contribution in [1.82, 2.24) is 15.5 Å². The fraction of sp³-hybridized carbons (Fsp3) is 0.471. The Bertz CT molecular complexity index is 687. The zero-order valence-electron chi connectivity index (χ0n) is 13.5. The molecule has 1 saturated heterocycles. The first kappa shape index (κ1) is 16.6.